The first-order valence-electron chi connectivity index (χ1n) is 14.8. The summed E-state index contributed by atoms with van der Waals surface area (Å²) < 4.78 is 20.7. The fraction of sp³-hybridized carbons (Fsp3) is 0.162. The number of halogens is 1. The van der Waals surface area contributed by atoms with E-state index in [4.69, 9.17) is 4.74 Å². The molecule has 2 N–H and O–H groups in total. The summed E-state index contributed by atoms with van der Waals surface area (Å²) in [5.74, 6) is -0.687. The Morgan fingerprint density at radius 1 is 0.889 bits per heavy atom. The number of cyclic esters (lactones) is 1. The molecule has 5 aromatic rings. The summed E-state index contributed by atoms with van der Waals surface area (Å²) in [7, 11) is 0. The summed E-state index contributed by atoms with van der Waals surface area (Å²) in [6.07, 6.45) is 0.588. The van der Waals surface area contributed by atoms with Gasteiger partial charge in [-0.25, -0.2) is 9.18 Å². The van der Waals surface area contributed by atoms with Crippen molar-refractivity contribution < 1.29 is 18.7 Å². The van der Waals surface area contributed by atoms with Gasteiger partial charge < -0.3 is 10.1 Å². The van der Waals surface area contributed by atoms with Crippen molar-refractivity contribution in [2.45, 2.75) is 25.1 Å². The Kier molecular flexibility index (Phi) is 8.66. The zero-order valence-corrected chi connectivity index (χ0v) is 24.8. The first-order chi connectivity index (χ1) is 21.9. The molecule has 1 unspecified atom stereocenters. The topological polar surface area (TPSA) is 83.6 Å². The van der Waals surface area contributed by atoms with Crippen LogP contribution in [-0.2, 0) is 21.6 Å². The predicted octanol–water partition coefficient (Wildman–Crippen LogP) is 6.43. The molecule has 0 saturated carbocycles. The lowest BCUT2D eigenvalue weighted by Gasteiger charge is -2.37. The maximum Gasteiger partial charge on any atom is 0.414 e. The van der Waals surface area contributed by atoms with Gasteiger partial charge in [0, 0.05) is 30.8 Å². The number of carbonyl (C=O) groups is 2. The van der Waals surface area contributed by atoms with E-state index in [9.17, 15) is 9.59 Å². The van der Waals surface area contributed by atoms with Crippen molar-refractivity contribution in [2.75, 3.05) is 18.0 Å². The average Bonchev–Trinajstić information content (AvgIpc) is 3.46. The zero-order valence-electron chi connectivity index (χ0n) is 24.8. The third-order valence-corrected chi connectivity index (χ3v) is 8.01. The number of pyridine rings is 1. The predicted molar refractivity (Wildman–Crippen MR) is 172 cm³/mol. The van der Waals surface area contributed by atoms with Gasteiger partial charge in [-0.1, -0.05) is 97.1 Å². The Morgan fingerprint density at radius 3 is 2.00 bits per heavy atom. The van der Waals surface area contributed by atoms with Gasteiger partial charge in [-0.3, -0.25) is 20.0 Å². The van der Waals surface area contributed by atoms with Gasteiger partial charge >= 0.3 is 6.09 Å². The van der Waals surface area contributed by atoms with Gasteiger partial charge in [-0.05, 0) is 41.0 Å². The van der Waals surface area contributed by atoms with Crippen molar-refractivity contribution >= 4 is 17.7 Å². The molecule has 0 bridgehead atoms. The maximum absolute atomic E-state index is 15.4. The van der Waals surface area contributed by atoms with E-state index in [-0.39, 0.29) is 19.0 Å². The Bertz CT molecular complexity index is 1670. The monoisotopic (exact) mass is 600 g/mol. The van der Waals surface area contributed by atoms with Crippen LogP contribution in [0.25, 0.3) is 11.1 Å². The first kappa shape index (κ1) is 29.7. The van der Waals surface area contributed by atoms with E-state index in [0.29, 0.717) is 23.4 Å². The van der Waals surface area contributed by atoms with Crippen molar-refractivity contribution in [1.29, 1.82) is 0 Å². The quantitative estimate of drug-likeness (QED) is 0.181. The fourth-order valence-corrected chi connectivity index (χ4v) is 5.78. The van der Waals surface area contributed by atoms with Crippen LogP contribution in [-0.4, -0.2) is 36.2 Å². The van der Waals surface area contributed by atoms with Gasteiger partial charge in [-0.15, -0.1) is 0 Å². The molecule has 1 atom stereocenters. The molecule has 4 aromatic carbocycles. The fourth-order valence-electron chi connectivity index (χ4n) is 5.78. The second-order valence-corrected chi connectivity index (χ2v) is 11.0. The van der Waals surface area contributed by atoms with Gasteiger partial charge in [0.05, 0.1) is 30.0 Å². The van der Waals surface area contributed by atoms with Crippen molar-refractivity contribution in [2.24, 2.45) is 0 Å². The normalized spacial score (nSPS) is 14.7. The summed E-state index contributed by atoms with van der Waals surface area (Å²) in [6, 6.07) is 39.4. The number of aromatic nitrogens is 1. The molecule has 226 valence electrons. The lowest BCUT2D eigenvalue weighted by atomic mass is 9.77. The molecular formula is C37H33FN4O3. The lowest BCUT2D eigenvalue weighted by Crippen LogP contribution is -2.44. The van der Waals surface area contributed by atoms with E-state index in [1.54, 1.807) is 18.3 Å². The van der Waals surface area contributed by atoms with E-state index in [0.717, 1.165) is 22.4 Å². The standard InChI is InChI=1S/C37H33FN4O3/c1-26(43)39-24-33-25-42(36(44)45-33)32-19-20-34(35(38)21-32)27-17-18-31(40-22-27)23-41-37(28-11-5-2-6-12-28,29-13-7-3-8-14-29)30-15-9-4-10-16-30/h2-22,33,41H,23-25H2,1H3,(H,39,43). The summed E-state index contributed by atoms with van der Waals surface area (Å²) in [6.45, 7) is 2.27. The largest absolute Gasteiger partial charge is 0.442 e. The van der Waals surface area contributed by atoms with Crippen LogP contribution in [0, 0.1) is 5.82 Å². The highest BCUT2D eigenvalue weighted by Crippen LogP contribution is 2.37. The molecule has 1 aromatic heterocycles. The molecule has 45 heavy (non-hydrogen) atoms. The molecule has 1 aliphatic heterocycles. The van der Waals surface area contributed by atoms with Crippen LogP contribution in [0.1, 0.15) is 29.3 Å². The number of carbonyl (C=O) groups excluding carboxylic acids is 2. The summed E-state index contributed by atoms with van der Waals surface area (Å²) in [5, 5.41) is 6.46. The van der Waals surface area contributed by atoms with Gasteiger partial charge in [0.25, 0.3) is 0 Å². The number of nitrogens with one attached hydrogen (secondary N) is 2. The number of ether oxygens (including phenoxy) is 1. The summed E-state index contributed by atoms with van der Waals surface area (Å²) >= 11 is 0. The van der Waals surface area contributed by atoms with Gasteiger partial charge in [0.15, 0.2) is 0 Å². The molecule has 0 aliphatic carbocycles. The summed E-state index contributed by atoms with van der Waals surface area (Å²) in [5.41, 5.74) is 4.85. The second-order valence-electron chi connectivity index (χ2n) is 11.0. The van der Waals surface area contributed by atoms with Crippen molar-refractivity contribution in [3.05, 3.63) is 156 Å². The lowest BCUT2D eigenvalue weighted by molar-refractivity contribution is -0.119. The number of hydrogen-bond donors (Lipinski definition) is 2. The van der Waals surface area contributed by atoms with Crippen LogP contribution in [0.2, 0.25) is 0 Å². The third-order valence-electron chi connectivity index (χ3n) is 8.01. The van der Waals surface area contributed by atoms with Crippen molar-refractivity contribution in [1.82, 2.24) is 15.6 Å². The van der Waals surface area contributed by atoms with Crippen LogP contribution >= 0.6 is 0 Å². The molecule has 6 rings (SSSR count). The molecule has 0 spiro atoms. The molecule has 0 radical (unpaired) electrons. The third kappa shape index (κ3) is 6.32. The highest BCUT2D eigenvalue weighted by atomic mass is 19.1. The first-order valence-corrected chi connectivity index (χ1v) is 14.8. The number of amides is 2. The van der Waals surface area contributed by atoms with Crippen LogP contribution < -0.4 is 15.5 Å². The molecule has 1 fully saturated rings. The number of anilines is 1. The summed E-state index contributed by atoms with van der Waals surface area (Å²) in [4.78, 5) is 29.6. The van der Waals surface area contributed by atoms with E-state index >= 15 is 4.39 Å². The van der Waals surface area contributed by atoms with Crippen LogP contribution in [0.4, 0.5) is 14.9 Å². The van der Waals surface area contributed by atoms with E-state index in [1.807, 2.05) is 66.7 Å². The van der Waals surface area contributed by atoms with E-state index < -0.39 is 23.6 Å². The number of nitrogens with zero attached hydrogens (tertiary/aromatic N) is 2. The minimum absolute atomic E-state index is 0.203. The van der Waals surface area contributed by atoms with Crippen LogP contribution in [0.3, 0.4) is 0 Å². The Hall–Kier alpha value is -5.34. The number of hydrogen-bond acceptors (Lipinski definition) is 5. The van der Waals surface area contributed by atoms with Gasteiger partial charge in [-0.2, -0.15) is 0 Å². The van der Waals surface area contributed by atoms with Gasteiger partial charge in [0.1, 0.15) is 11.9 Å². The van der Waals surface area contributed by atoms with Crippen molar-refractivity contribution in [3.63, 3.8) is 0 Å². The smallest absolute Gasteiger partial charge is 0.414 e. The van der Waals surface area contributed by atoms with E-state index in [2.05, 4.69) is 52.0 Å². The molecule has 2 amide bonds. The molecule has 1 saturated heterocycles. The van der Waals surface area contributed by atoms with Gasteiger partial charge in [0.2, 0.25) is 5.91 Å². The molecule has 8 heteroatoms. The van der Waals surface area contributed by atoms with E-state index in [1.165, 1.54) is 17.9 Å². The molecule has 2 heterocycles. The number of benzene rings is 4. The Balaban J connectivity index is 1.23. The minimum Gasteiger partial charge on any atom is -0.442 e. The number of rotatable bonds is 10. The molecular weight excluding hydrogens is 567 g/mol. The molecule has 7 nitrogen and oxygen atoms in total. The maximum atomic E-state index is 15.4. The van der Waals surface area contributed by atoms with Crippen LogP contribution in [0.5, 0.6) is 0 Å². The second kappa shape index (κ2) is 13.1. The SMILES string of the molecule is CC(=O)NCC1CN(c2ccc(-c3ccc(CNC(c4ccccc4)(c4ccccc4)c4ccccc4)nc3)c(F)c2)C(=O)O1. The van der Waals surface area contributed by atoms with Crippen molar-refractivity contribution in [3.8, 4) is 11.1 Å². The van der Waals surface area contributed by atoms with Crippen LogP contribution in [0.15, 0.2) is 128 Å². The highest BCUT2D eigenvalue weighted by Gasteiger charge is 2.36. The average molecular weight is 601 g/mol. The molecule has 1 aliphatic rings. The zero-order chi connectivity index (χ0) is 31.2. The minimum atomic E-state index is -0.635. The highest BCUT2D eigenvalue weighted by molar-refractivity contribution is 5.90. The Morgan fingerprint density at radius 2 is 1.49 bits per heavy atom. The Labute approximate surface area is 261 Å².